The van der Waals surface area contributed by atoms with Gasteiger partial charge in [0.15, 0.2) is 0 Å². The highest BCUT2D eigenvalue weighted by atomic mass is 35.5. The van der Waals surface area contributed by atoms with Crippen LogP contribution in [0.2, 0.25) is 0 Å². The van der Waals surface area contributed by atoms with Crippen molar-refractivity contribution in [3.8, 4) is 0 Å². The third-order valence-corrected chi connectivity index (χ3v) is 2.93. The first-order valence-corrected chi connectivity index (χ1v) is 6.42. The first-order chi connectivity index (χ1) is 9.25. The molecule has 0 spiro atoms. The average molecular weight is 325 g/mol. The lowest BCUT2D eigenvalue weighted by atomic mass is 9.94. The normalized spacial score (nSPS) is 12.7. The minimum absolute atomic E-state index is 0. The largest absolute Gasteiger partial charge is 0.416 e. The Morgan fingerprint density at radius 2 is 1.95 bits per heavy atom. The van der Waals surface area contributed by atoms with E-state index < -0.39 is 17.8 Å². The lowest BCUT2D eigenvalue weighted by Gasteiger charge is -2.23. The fourth-order valence-corrected chi connectivity index (χ4v) is 1.92. The summed E-state index contributed by atoms with van der Waals surface area (Å²) < 4.78 is 38.1. The molecule has 21 heavy (non-hydrogen) atoms. The van der Waals surface area contributed by atoms with Gasteiger partial charge in [0.1, 0.15) is 0 Å². The topological polar surface area (TPSA) is 55.1 Å². The van der Waals surface area contributed by atoms with Crippen molar-refractivity contribution in [2.24, 2.45) is 11.7 Å². The number of halogens is 4. The van der Waals surface area contributed by atoms with Crippen LogP contribution < -0.4 is 11.1 Å². The summed E-state index contributed by atoms with van der Waals surface area (Å²) in [4.78, 5) is 11.6. The molecule has 0 saturated carbocycles. The molecule has 1 amide bonds. The van der Waals surface area contributed by atoms with Crippen molar-refractivity contribution in [3.63, 3.8) is 0 Å². The van der Waals surface area contributed by atoms with Gasteiger partial charge in [-0.25, -0.2) is 0 Å². The van der Waals surface area contributed by atoms with Crippen LogP contribution in [-0.4, -0.2) is 12.5 Å². The van der Waals surface area contributed by atoms with Gasteiger partial charge >= 0.3 is 6.18 Å². The molecule has 1 atom stereocenters. The predicted molar refractivity (Wildman–Crippen MR) is 78.1 cm³/mol. The first-order valence-electron chi connectivity index (χ1n) is 6.42. The van der Waals surface area contributed by atoms with E-state index in [1.807, 2.05) is 13.8 Å². The summed E-state index contributed by atoms with van der Waals surface area (Å²) >= 11 is 0. The molecule has 0 aliphatic rings. The number of alkyl halides is 3. The lowest BCUT2D eigenvalue weighted by molar-refractivity contribution is -0.137. The van der Waals surface area contributed by atoms with Crippen LogP contribution in [0.4, 0.5) is 13.2 Å². The van der Waals surface area contributed by atoms with E-state index in [2.05, 4.69) is 5.32 Å². The van der Waals surface area contributed by atoms with Gasteiger partial charge in [-0.1, -0.05) is 26.0 Å². The molecular formula is C14H20ClF3N2O. The van der Waals surface area contributed by atoms with Crippen LogP contribution in [0.15, 0.2) is 24.3 Å². The summed E-state index contributed by atoms with van der Waals surface area (Å²) in [6.07, 6.45) is -4.24. The molecule has 0 radical (unpaired) electrons. The smallest absolute Gasteiger partial charge is 0.349 e. The molecule has 0 heterocycles. The Kier molecular flexibility index (Phi) is 7.74. The van der Waals surface area contributed by atoms with E-state index in [-0.39, 0.29) is 37.2 Å². The van der Waals surface area contributed by atoms with E-state index in [9.17, 15) is 18.0 Å². The second-order valence-electron chi connectivity index (χ2n) is 4.95. The second kappa shape index (κ2) is 8.24. The van der Waals surface area contributed by atoms with Crippen molar-refractivity contribution in [1.82, 2.24) is 5.32 Å². The maximum atomic E-state index is 12.7. The van der Waals surface area contributed by atoms with Crippen molar-refractivity contribution in [2.45, 2.75) is 32.5 Å². The molecule has 1 aromatic rings. The molecule has 3 nitrogen and oxygen atoms in total. The van der Waals surface area contributed by atoms with Gasteiger partial charge < -0.3 is 11.1 Å². The van der Waals surface area contributed by atoms with E-state index in [0.29, 0.717) is 5.56 Å². The fourth-order valence-electron chi connectivity index (χ4n) is 1.92. The van der Waals surface area contributed by atoms with Gasteiger partial charge in [0.05, 0.1) is 11.6 Å². The third-order valence-electron chi connectivity index (χ3n) is 2.93. The molecular weight excluding hydrogens is 305 g/mol. The minimum atomic E-state index is -4.39. The standard InChI is InChI=1S/C14H19F3N2O.ClH/c1-9(2)13(19-12(20)6-7-18)10-4-3-5-11(8-10)14(15,16)17;/h3-5,8-9,13H,6-7,18H2,1-2H3,(H,19,20);1H. The highest BCUT2D eigenvalue weighted by Crippen LogP contribution is 2.32. The number of carbonyl (C=O) groups is 1. The van der Waals surface area contributed by atoms with Crippen LogP contribution >= 0.6 is 12.4 Å². The predicted octanol–water partition coefficient (Wildman–Crippen LogP) is 3.29. The molecule has 1 aromatic carbocycles. The van der Waals surface area contributed by atoms with Crippen molar-refractivity contribution < 1.29 is 18.0 Å². The van der Waals surface area contributed by atoms with E-state index in [0.717, 1.165) is 12.1 Å². The lowest BCUT2D eigenvalue weighted by Crippen LogP contribution is -2.33. The number of carbonyl (C=O) groups excluding carboxylic acids is 1. The number of benzene rings is 1. The summed E-state index contributed by atoms with van der Waals surface area (Å²) in [6.45, 7) is 3.89. The molecule has 0 aliphatic heterocycles. The maximum absolute atomic E-state index is 12.7. The summed E-state index contributed by atoms with van der Waals surface area (Å²) in [5.41, 5.74) is 5.02. The zero-order valence-electron chi connectivity index (χ0n) is 11.9. The van der Waals surface area contributed by atoms with Gasteiger partial charge in [-0.15, -0.1) is 12.4 Å². The Labute approximate surface area is 128 Å². The Hall–Kier alpha value is -1.27. The monoisotopic (exact) mass is 324 g/mol. The zero-order chi connectivity index (χ0) is 15.3. The average Bonchev–Trinajstić information content (AvgIpc) is 2.35. The van der Waals surface area contributed by atoms with Crippen molar-refractivity contribution in [3.05, 3.63) is 35.4 Å². The van der Waals surface area contributed by atoms with Crippen LogP contribution in [0, 0.1) is 5.92 Å². The number of hydrogen-bond donors (Lipinski definition) is 2. The van der Waals surface area contributed by atoms with Crippen molar-refractivity contribution in [2.75, 3.05) is 6.54 Å². The zero-order valence-corrected chi connectivity index (χ0v) is 12.7. The number of nitrogens with two attached hydrogens (primary N) is 1. The molecule has 0 aromatic heterocycles. The third kappa shape index (κ3) is 5.93. The minimum Gasteiger partial charge on any atom is -0.349 e. The molecule has 0 bridgehead atoms. The molecule has 1 unspecified atom stereocenters. The maximum Gasteiger partial charge on any atom is 0.416 e. The second-order valence-corrected chi connectivity index (χ2v) is 4.95. The Morgan fingerprint density at radius 3 is 2.43 bits per heavy atom. The van der Waals surface area contributed by atoms with E-state index in [1.165, 1.54) is 6.07 Å². The molecule has 3 N–H and O–H groups in total. The van der Waals surface area contributed by atoms with E-state index >= 15 is 0 Å². The quantitative estimate of drug-likeness (QED) is 0.873. The van der Waals surface area contributed by atoms with Gasteiger partial charge in [-0.3, -0.25) is 4.79 Å². The molecule has 1 rings (SSSR count). The van der Waals surface area contributed by atoms with Gasteiger partial charge in [0.25, 0.3) is 0 Å². The van der Waals surface area contributed by atoms with Crippen LogP contribution in [-0.2, 0) is 11.0 Å². The fraction of sp³-hybridized carbons (Fsp3) is 0.500. The van der Waals surface area contributed by atoms with Crippen molar-refractivity contribution >= 4 is 18.3 Å². The Balaban J connectivity index is 0.00000400. The molecule has 0 saturated heterocycles. The van der Waals surface area contributed by atoms with Crippen LogP contribution in [0.25, 0.3) is 0 Å². The molecule has 0 fully saturated rings. The highest BCUT2D eigenvalue weighted by Gasteiger charge is 2.31. The van der Waals surface area contributed by atoms with Gasteiger partial charge in [0, 0.05) is 13.0 Å². The summed E-state index contributed by atoms with van der Waals surface area (Å²) in [5.74, 6) is -0.288. The van der Waals surface area contributed by atoms with Crippen LogP contribution in [0.1, 0.15) is 37.4 Å². The van der Waals surface area contributed by atoms with Gasteiger partial charge in [-0.05, 0) is 23.6 Å². The number of nitrogens with one attached hydrogen (secondary N) is 1. The number of amides is 1. The Bertz CT molecular complexity index is 464. The van der Waals surface area contributed by atoms with Crippen LogP contribution in [0.5, 0.6) is 0 Å². The van der Waals surface area contributed by atoms with Crippen LogP contribution in [0.3, 0.4) is 0 Å². The molecule has 7 heteroatoms. The van der Waals surface area contributed by atoms with Gasteiger partial charge in [-0.2, -0.15) is 13.2 Å². The number of hydrogen-bond acceptors (Lipinski definition) is 2. The SMILES string of the molecule is CC(C)C(NC(=O)CCN)c1cccc(C(F)(F)F)c1.Cl. The Morgan fingerprint density at radius 1 is 1.33 bits per heavy atom. The first kappa shape index (κ1) is 19.7. The number of rotatable bonds is 5. The van der Waals surface area contributed by atoms with Gasteiger partial charge in [0.2, 0.25) is 5.91 Å². The molecule has 0 aliphatic carbocycles. The highest BCUT2D eigenvalue weighted by molar-refractivity contribution is 5.85. The van der Waals surface area contributed by atoms with E-state index in [4.69, 9.17) is 5.73 Å². The van der Waals surface area contributed by atoms with Crippen molar-refractivity contribution in [1.29, 1.82) is 0 Å². The summed E-state index contributed by atoms with van der Waals surface area (Å²) in [6, 6.07) is 4.57. The summed E-state index contributed by atoms with van der Waals surface area (Å²) in [7, 11) is 0. The van der Waals surface area contributed by atoms with E-state index in [1.54, 1.807) is 6.07 Å². The molecule has 120 valence electrons. The summed E-state index contributed by atoms with van der Waals surface area (Å²) in [5, 5.41) is 2.73.